The molecule has 6 fully saturated rings. The summed E-state index contributed by atoms with van der Waals surface area (Å²) in [7, 11) is -5.01. The second-order valence-corrected chi connectivity index (χ2v) is 44.9. The van der Waals surface area contributed by atoms with Crippen molar-refractivity contribution in [2.45, 2.75) is 175 Å². The van der Waals surface area contributed by atoms with Crippen LogP contribution in [0.1, 0.15) is 68.3 Å². The number of nitrogen functional groups attached to an aromatic ring is 5. The van der Waals surface area contributed by atoms with E-state index >= 15 is 18.3 Å². The van der Waals surface area contributed by atoms with Crippen molar-refractivity contribution < 1.29 is 159 Å². The van der Waals surface area contributed by atoms with Gasteiger partial charge in [-0.25, -0.2) is 82.3 Å². The Kier molecular flexibility index (Phi) is 36.2. The van der Waals surface area contributed by atoms with Crippen LogP contribution in [0.2, 0.25) is 0 Å². The Bertz CT molecular complexity index is 6780. The van der Waals surface area contributed by atoms with E-state index < -0.39 is 252 Å². The molecule has 0 bridgehead atoms. The molecule has 16 heterocycles. The number of aryl methyl sites for hydroxylation is 2. The average molecular weight is 2230 g/mol. The number of aliphatic hydroxyl groups is 1. The molecule has 147 heavy (non-hydrogen) atoms. The zero-order chi connectivity index (χ0) is 105. The lowest BCUT2D eigenvalue weighted by molar-refractivity contribution is -0.0837. The van der Waals surface area contributed by atoms with Crippen molar-refractivity contribution in [1.82, 2.24) is 97.2 Å². The predicted molar refractivity (Wildman–Crippen MR) is 511 cm³/mol. The average Bonchev–Trinajstić information content (AvgIpc) is 1.69. The predicted octanol–water partition coefficient (Wildman–Crippen LogP) is 1.00. The molecule has 0 saturated carbocycles. The second kappa shape index (κ2) is 47.9. The van der Waals surface area contributed by atoms with Crippen molar-refractivity contribution in [2.24, 2.45) is 0 Å². The summed E-state index contributed by atoms with van der Waals surface area (Å²) in [5.74, 6) is -0.546. The van der Waals surface area contributed by atoms with Crippen molar-refractivity contribution >= 4 is 147 Å². The first-order valence-electron chi connectivity index (χ1n) is 44.8. The second-order valence-electron chi connectivity index (χ2n) is 33.5. The normalized spacial score (nSPS) is 29.0. The van der Waals surface area contributed by atoms with Gasteiger partial charge in [0.15, 0.2) is 76.7 Å². The summed E-state index contributed by atoms with van der Waals surface area (Å²) in [6.45, 7) is -17.1. The minimum absolute atomic E-state index is 0.0376. The van der Waals surface area contributed by atoms with Gasteiger partial charge in [-0.05, 0) is 20.3 Å². The van der Waals surface area contributed by atoms with E-state index in [9.17, 15) is 38.6 Å². The number of thiol groups is 3. The number of aliphatic hydroxyl groups excluding tert-OH is 1. The number of hydrogen-bond donors (Lipinski definition) is 13. The highest BCUT2D eigenvalue weighted by Gasteiger charge is 2.59. The topological polar surface area (TPSA) is 800 Å². The third-order valence-corrected chi connectivity index (χ3v) is 30.8. The first-order chi connectivity index (χ1) is 70.2. The monoisotopic (exact) mass is 2230 g/mol. The number of nitrogens with zero attached hydrogens (tertiary/aromatic N) is 18. The molecule has 0 aliphatic carbocycles. The van der Waals surface area contributed by atoms with Crippen LogP contribution in [0, 0.1) is 13.8 Å². The first-order valence-corrected chi connectivity index (χ1v) is 55.9. The number of nitrogens with one attached hydrogen (secondary N) is 2. The molecule has 0 spiro atoms. The summed E-state index contributed by atoms with van der Waals surface area (Å²) < 4.78 is 241. The van der Waals surface area contributed by atoms with Gasteiger partial charge in [-0.1, -0.05) is 43.7 Å². The molecule has 6 saturated heterocycles. The molecular formula is C76H108N25O38P5S3. The molecule has 28 atom stereocenters. The maximum Gasteiger partial charge on any atom is 0.472 e. The van der Waals surface area contributed by atoms with Gasteiger partial charge in [-0.3, -0.25) is 92.2 Å². The van der Waals surface area contributed by atoms with Gasteiger partial charge in [0, 0.05) is 65.5 Å². The van der Waals surface area contributed by atoms with Crippen LogP contribution in [0.4, 0.5) is 29.2 Å². The smallest absolute Gasteiger partial charge is 0.387 e. The Hall–Kier alpha value is -8.40. The number of imidazole rings is 4. The van der Waals surface area contributed by atoms with Crippen LogP contribution >= 0.6 is 72.8 Å². The number of aromatic amines is 2. The van der Waals surface area contributed by atoms with Crippen LogP contribution in [0.3, 0.4) is 0 Å². The van der Waals surface area contributed by atoms with Crippen LogP contribution in [0.25, 0.3) is 44.7 Å². The van der Waals surface area contributed by atoms with Gasteiger partial charge in [-0.2, -0.15) is 9.97 Å². The number of phosphoric ester groups is 2. The molecule has 0 radical (unpaired) electrons. The van der Waals surface area contributed by atoms with E-state index in [0.717, 1.165) is 38.9 Å². The Morgan fingerprint density at radius 2 is 0.748 bits per heavy atom. The highest BCUT2D eigenvalue weighted by atomic mass is 32.7. The summed E-state index contributed by atoms with van der Waals surface area (Å²) in [5.41, 5.74) is 27.5. The Morgan fingerprint density at radius 1 is 0.388 bits per heavy atom. The van der Waals surface area contributed by atoms with E-state index in [-0.39, 0.29) is 122 Å². The van der Waals surface area contributed by atoms with E-state index in [0.29, 0.717) is 23.1 Å². The lowest BCUT2D eigenvalue weighted by Crippen LogP contribution is -2.41. The molecule has 10 unspecified atom stereocenters. The van der Waals surface area contributed by atoms with Crippen LogP contribution in [-0.4, -0.2) is 350 Å². The van der Waals surface area contributed by atoms with E-state index in [4.69, 9.17) is 150 Å². The van der Waals surface area contributed by atoms with Gasteiger partial charge in [0.05, 0.1) is 137 Å². The number of phosphoric acid groups is 2. The van der Waals surface area contributed by atoms with E-state index in [2.05, 4.69) is 107 Å². The van der Waals surface area contributed by atoms with E-state index in [1.807, 2.05) is 0 Å². The van der Waals surface area contributed by atoms with Gasteiger partial charge in [-0.15, -0.1) is 0 Å². The fourth-order valence-corrected chi connectivity index (χ4v) is 23.5. The number of aromatic nitrogens is 20. The summed E-state index contributed by atoms with van der Waals surface area (Å²) in [6, 6.07) is 0. The van der Waals surface area contributed by atoms with Crippen LogP contribution in [0.15, 0.2) is 75.9 Å². The Labute approximate surface area is 845 Å². The van der Waals surface area contributed by atoms with Gasteiger partial charge < -0.3 is 119 Å². The molecule has 6 aliphatic rings. The molecule has 15 N–H and O–H groups in total. The first kappa shape index (κ1) is 111. The van der Waals surface area contributed by atoms with E-state index in [1.165, 1.54) is 83.1 Å². The zero-order valence-corrected chi connectivity index (χ0v) is 86.3. The Morgan fingerprint density at radius 3 is 1.18 bits per heavy atom. The number of H-pyrrole nitrogens is 2. The van der Waals surface area contributed by atoms with E-state index in [1.54, 1.807) is 18.4 Å². The number of fused-ring (bicyclic) bond motifs is 4. The van der Waals surface area contributed by atoms with Crippen LogP contribution in [0.5, 0.6) is 0 Å². The van der Waals surface area contributed by atoms with Crippen molar-refractivity contribution in [1.29, 1.82) is 0 Å². The minimum atomic E-state index is -5.96. The third kappa shape index (κ3) is 25.4. The largest absolute Gasteiger partial charge is 0.472 e. The maximum atomic E-state index is 15.7. The number of ether oxygens (including phenoxy) is 16. The maximum absolute atomic E-state index is 15.7. The van der Waals surface area contributed by atoms with Crippen molar-refractivity contribution in [3.8, 4) is 0 Å². The summed E-state index contributed by atoms with van der Waals surface area (Å²) in [4.78, 5) is 134. The molecule has 0 aromatic carbocycles. The minimum Gasteiger partial charge on any atom is -0.387 e. The molecule has 808 valence electrons. The molecular weight excluding hydrogens is 2120 g/mol. The lowest BCUT2D eigenvalue weighted by atomic mass is 10.1. The number of hydrogen-bond acceptors (Lipinski definition) is 53. The fourth-order valence-electron chi connectivity index (χ4n) is 17.1. The van der Waals surface area contributed by atoms with Crippen LogP contribution in [-0.2, 0) is 144 Å². The quantitative estimate of drug-likeness (QED) is 0.0144. The summed E-state index contributed by atoms with van der Waals surface area (Å²) in [6.07, 6.45) is -25.0. The standard InChI is InChI=1S/C76H108N25O38P5S3/c1-9-37-38(20-44(129-37)98-31-88-45-60(78)82-28-85-63(45)98)135-142(111,145)127-26-42-51(55(120-16-11-115-5)71(133-42)99-32-89-46-61(79)83-29-86-64(46)99)137-140(107,108)124-24-40-50(56(121-17-12-116-6)73(132-40)101-34-91-48-66(101)93-74(81)94-68(48)104)136-141(109,110)125-25-41-52(57(122-18-13-117-7)70(131-41)97-22-36(3)67(103)95-76(97)106)138-144(113,147)128-27-43-53(58(123-19-14-118-8)72(134-43)100-33-90-47-62(80)84-30-87-65(47)100)139-143(112,146)126-23-39-49(102)54(119-15-10-114-4)69(130-39)96-21-35(2)59(77)92-75(96)105/h21-22,28-34,37-44,49-58,69-73,102H,9-20,23-27H2,1-8H3,(H,107,108)(H,109,110)(H,111,145)(H,112,146)(H,113,147)(H2,77,92,105)(H2,78,82,85)(H2,79,83,86)(H2,80,84,87)(H,95,103,106)(H3,81,93,94,104)/t37-,38-,39-,40-,41-,42-,43-,44-,49+,50+,51+,52+,53+,54?,55?,56?,57?,58?,69-,70-,71-,72-,73-,142?,143?,144?/m1/s1. The van der Waals surface area contributed by atoms with Crippen LogP contribution < -0.4 is 51.2 Å². The lowest BCUT2D eigenvalue weighted by Gasteiger charge is -2.29. The number of nitrogens with two attached hydrogens (primary N) is 5. The molecule has 10 aromatic rings. The molecule has 63 nitrogen and oxygen atoms in total. The summed E-state index contributed by atoms with van der Waals surface area (Å²) in [5, 5.41) is 11.8. The highest BCUT2D eigenvalue weighted by Crippen LogP contribution is 2.62. The fraction of sp³-hybridized carbons (Fsp3) is 0.632. The number of rotatable bonds is 52. The number of methoxy groups -OCH3 is 5. The number of anilines is 5. The summed E-state index contributed by atoms with van der Waals surface area (Å²) >= 11 is 13.2. The highest BCUT2D eigenvalue weighted by molar-refractivity contribution is 8.45. The Balaban J connectivity index is 0.690. The van der Waals surface area contributed by atoms with Crippen molar-refractivity contribution in [3.63, 3.8) is 0 Å². The third-order valence-electron chi connectivity index (χ3n) is 23.9. The zero-order valence-electron chi connectivity index (χ0n) is 79.1. The SMILES string of the molecule is CC[C@H]1O[C@@H](n2cnc3c(N)ncnc32)C[C@H]1OP(=O)(S)OC[C@H]1O[C@@H](n2cnc3c(N)ncnc32)C(OCCOC)[C@H]1OP(=O)(O)OC[C@H]1O[C@@H](n2cnc3c(=O)[nH]c(N)nc32)C(OCCOC)[C@H]1OP(=O)(O)OC[C@H]1O[C@@H](n2cc(C)c(=O)[nH]c2=O)C(OCCOC)[C@H]1OP(=O)(S)OC[C@H]1O[C@@H](n2cnc3c(N)ncnc32)C(OCCOC)[C@H]1OP(=O)(S)OC[C@H]1O[C@@H](n2cc(C)c(N)nc2=O)C(OCCOC)[C@H]1O. The van der Waals surface area contributed by atoms with Crippen molar-refractivity contribution in [2.75, 3.05) is 163 Å². The van der Waals surface area contributed by atoms with Gasteiger partial charge >= 0.3 is 47.4 Å². The van der Waals surface area contributed by atoms with Gasteiger partial charge in [0.25, 0.3) is 11.1 Å². The van der Waals surface area contributed by atoms with Crippen molar-refractivity contribution in [3.05, 3.63) is 109 Å². The van der Waals surface area contributed by atoms with Gasteiger partial charge in [0.2, 0.25) is 5.95 Å². The molecule has 6 aliphatic heterocycles. The molecule has 0 amide bonds. The molecule has 16 rings (SSSR count). The molecule has 71 heteroatoms. The van der Waals surface area contributed by atoms with Gasteiger partial charge in [0.1, 0.15) is 139 Å². The molecule has 10 aromatic heterocycles.